The maximum absolute atomic E-state index is 10.8. The molecule has 0 spiro atoms. The standard InChI is InChI=1S/C11H6N2O2S3/c14-11(15)6-1-9(17-2-6)7-4-18-10(13-7)8-3-16-5-12-8/h1-5H,(H,14,15). The number of carboxylic acids is 1. The van der Waals surface area contributed by atoms with E-state index in [1.165, 1.54) is 34.0 Å². The molecule has 7 heteroatoms. The van der Waals surface area contributed by atoms with Crippen molar-refractivity contribution in [2.24, 2.45) is 0 Å². The summed E-state index contributed by atoms with van der Waals surface area (Å²) in [6.45, 7) is 0. The average molecular weight is 294 g/mol. The van der Waals surface area contributed by atoms with Crippen LogP contribution in [-0.2, 0) is 0 Å². The molecule has 0 aliphatic carbocycles. The summed E-state index contributed by atoms with van der Waals surface area (Å²) in [4.78, 5) is 20.4. The van der Waals surface area contributed by atoms with Gasteiger partial charge in [-0.2, -0.15) is 0 Å². The molecule has 3 rings (SSSR count). The van der Waals surface area contributed by atoms with Crippen LogP contribution < -0.4 is 0 Å². The first-order valence-electron chi connectivity index (χ1n) is 4.90. The molecule has 0 saturated carbocycles. The van der Waals surface area contributed by atoms with Crippen LogP contribution in [-0.4, -0.2) is 21.0 Å². The molecule has 0 saturated heterocycles. The predicted octanol–water partition coefficient (Wildman–Crippen LogP) is 3.69. The molecule has 3 heterocycles. The highest BCUT2D eigenvalue weighted by Gasteiger charge is 2.12. The Morgan fingerprint density at radius 1 is 1.17 bits per heavy atom. The molecule has 0 aliphatic rings. The second-order valence-corrected chi connectivity index (χ2v) is 5.90. The van der Waals surface area contributed by atoms with Gasteiger partial charge in [-0.15, -0.1) is 34.0 Å². The van der Waals surface area contributed by atoms with Crippen molar-refractivity contribution in [3.8, 4) is 21.3 Å². The van der Waals surface area contributed by atoms with Crippen molar-refractivity contribution in [1.29, 1.82) is 0 Å². The van der Waals surface area contributed by atoms with Gasteiger partial charge in [0.05, 0.1) is 21.6 Å². The van der Waals surface area contributed by atoms with Gasteiger partial charge in [0.25, 0.3) is 0 Å². The molecule has 3 aromatic rings. The second-order valence-electron chi connectivity index (χ2n) is 3.42. The van der Waals surface area contributed by atoms with Gasteiger partial charge < -0.3 is 5.11 Å². The zero-order chi connectivity index (χ0) is 12.5. The third-order valence-corrected chi connectivity index (χ3v) is 4.66. The van der Waals surface area contributed by atoms with Gasteiger partial charge in [0.15, 0.2) is 0 Å². The second kappa shape index (κ2) is 4.60. The van der Waals surface area contributed by atoms with Crippen LogP contribution in [0.1, 0.15) is 10.4 Å². The number of carbonyl (C=O) groups is 1. The van der Waals surface area contributed by atoms with Crippen LogP contribution in [0.5, 0.6) is 0 Å². The van der Waals surface area contributed by atoms with Crippen LogP contribution >= 0.6 is 34.0 Å². The number of thiazole rings is 2. The van der Waals surface area contributed by atoms with Crippen LogP contribution in [0.25, 0.3) is 21.3 Å². The van der Waals surface area contributed by atoms with E-state index >= 15 is 0 Å². The van der Waals surface area contributed by atoms with Crippen molar-refractivity contribution in [2.45, 2.75) is 0 Å². The highest BCUT2D eigenvalue weighted by molar-refractivity contribution is 7.16. The molecule has 1 N–H and O–H groups in total. The van der Waals surface area contributed by atoms with E-state index in [9.17, 15) is 4.79 Å². The molecule has 0 aliphatic heterocycles. The summed E-state index contributed by atoms with van der Waals surface area (Å²) in [5.41, 5.74) is 3.74. The van der Waals surface area contributed by atoms with Crippen molar-refractivity contribution < 1.29 is 9.90 Å². The monoisotopic (exact) mass is 294 g/mol. The summed E-state index contributed by atoms with van der Waals surface area (Å²) in [5.74, 6) is -0.910. The van der Waals surface area contributed by atoms with Crippen molar-refractivity contribution >= 4 is 40.0 Å². The van der Waals surface area contributed by atoms with E-state index in [0.717, 1.165) is 21.3 Å². The molecule has 0 amide bonds. The fourth-order valence-corrected chi connectivity index (χ4v) is 3.72. The molecule has 0 bridgehead atoms. The van der Waals surface area contributed by atoms with Crippen LogP contribution in [0, 0.1) is 0 Å². The molecule has 0 atom stereocenters. The Kier molecular flexibility index (Phi) is 2.94. The largest absolute Gasteiger partial charge is 0.478 e. The van der Waals surface area contributed by atoms with Gasteiger partial charge in [-0.3, -0.25) is 0 Å². The van der Waals surface area contributed by atoms with E-state index < -0.39 is 5.97 Å². The molecule has 0 unspecified atom stereocenters. The van der Waals surface area contributed by atoms with Crippen molar-refractivity contribution in [1.82, 2.24) is 9.97 Å². The molecule has 18 heavy (non-hydrogen) atoms. The zero-order valence-corrected chi connectivity index (χ0v) is 11.3. The van der Waals surface area contributed by atoms with E-state index in [4.69, 9.17) is 5.11 Å². The predicted molar refractivity (Wildman–Crippen MR) is 73.5 cm³/mol. The summed E-state index contributed by atoms with van der Waals surface area (Å²) >= 11 is 4.43. The first kappa shape index (κ1) is 11.5. The smallest absolute Gasteiger partial charge is 0.336 e. The number of rotatable bonds is 3. The van der Waals surface area contributed by atoms with Crippen molar-refractivity contribution in [2.75, 3.05) is 0 Å². The van der Waals surface area contributed by atoms with E-state index in [0.29, 0.717) is 5.56 Å². The van der Waals surface area contributed by atoms with E-state index in [1.807, 2.05) is 10.8 Å². The van der Waals surface area contributed by atoms with Crippen LogP contribution in [0.2, 0.25) is 0 Å². The summed E-state index contributed by atoms with van der Waals surface area (Å²) in [6.07, 6.45) is 0. The van der Waals surface area contributed by atoms with E-state index in [2.05, 4.69) is 9.97 Å². The van der Waals surface area contributed by atoms with Crippen LogP contribution in [0.3, 0.4) is 0 Å². The van der Waals surface area contributed by atoms with Gasteiger partial charge in [-0.1, -0.05) is 0 Å². The van der Waals surface area contributed by atoms with E-state index in [1.54, 1.807) is 17.0 Å². The molecule has 0 radical (unpaired) electrons. The summed E-state index contributed by atoms with van der Waals surface area (Å²) < 4.78 is 0. The van der Waals surface area contributed by atoms with E-state index in [-0.39, 0.29) is 0 Å². The molecule has 0 aromatic carbocycles. The Labute approximate surface area is 114 Å². The highest BCUT2D eigenvalue weighted by Crippen LogP contribution is 2.32. The summed E-state index contributed by atoms with van der Waals surface area (Å²) in [7, 11) is 0. The normalized spacial score (nSPS) is 10.7. The topological polar surface area (TPSA) is 63.1 Å². The maximum atomic E-state index is 10.8. The van der Waals surface area contributed by atoms with Gasteiger partial charge in [-0.05, 0) is 6.07 Å². The maximum Gasteiger partial charge on any atom is 0.336 e. The lowest BCUT2D eigenvalue weighted by Gasteiger charge is -1.88. The molecular weight excluding hydrogens is 288 g/mol. The molecule has 3 aromatic heterocycles. The van der Waals surface area contributed by atoms with Gasteiger partial charge in [0, 0.05) is 16.1 Å². The van der Waals surface area contributed by atoms with Crippen LogP contribution in [0.15, 0.2) is 27.7 Å². The fraction of sp³-hybridized carbons (Fsp3) is 0. The number of carboxylic acid groups (broad SMARTS) is 1. The van der Waals surface area contributed by atoms with Crippen LogP contribution in [0.4, 0.5) is 0 Å². The summed E-state index contributed by atoms with van der Waals surface area (Å²) in [6, 6.07) is 1.65. The lowest BCUT2D eigenvalue weighted by molar-refractivity contribution is 0.0697. The summed E-state index contributed by atoms with van der Waals surface area (Å²) in [5, 5.41) is 15.2. The third-order valence-electron chi connectivity index (χ3n) is 2.25. The first-order valence-corrected chi connectivity index (χ1v) is 7.60. The molecular formula is C11H6N2O2S3. The minimum atomic E-state index is -0.910. The van der Waals surface area contributed by atoms with Gasteiger partial charge in [0.1, 0.15) is 10.7 Å². The Hall–Kier alpha value is -1.57. The zero-order valence-electron chi connectivity index (χ0n) is 8.86. The first-order chi connectivity index (χ1) is 8.74. The Morgan fingerprint density at radius 2 is 2.06 bits per heavy atom. The number of thiophene rings is 1. The van der Waals surface area contributed by atoms with Crippen molar-refractivity contribution in [3.63, 3.8) is 0 Å². The van der Waals surface area contributed by atoms with Gasteiger partial charge in [0.2, 0.25) is 0 Å². The third kappa shape index (κ3) is 2.07. The lowest BCUT2D eigenvalue weighted by Crippen LogP contribution is -1.91. The Morgan fingerprint density at radius 3 is 2.72 bits per heavy atom. The Balaban J connectivity index is 1.95. The molecule has 0 fully saturated rings. The van der Waals surface area contributed by atoms with Crippen molar-refractivity contribution in [3.05, 3.63) is 33.3 Å². The number of hydrogen-bond acceptors (Lipinski definition) is 6. The number of hydrogen-bond donors (Lipinski definition) is 1. The highest BCUT2D eigenvalue weighted by atomic mass is 32.1. The van der Waals surface area contributed by atoms with Gasteiger partial charge >= 0.3 is 5.97 Å². The molecule has 4 nitrogen and oxygen atoms in total. The quantitative estimate of drug-likeness (QED) is 0.800. The minimum Gasteiger partial charge on any atom is -0.478 e. The lowest BCUT2D eigenvalue weighted by atomic mass is 10.3. The number of aromatic nitrogens is 2. The SMILES string of the molecule is O=C(O)c1csc(-c2csc(-c3cscn3)n2)c1. The average Bonchev–Trinajstić information content (AvgIpc) is 3.10. The Bertz CT molecular complexity index is 685. The number of nitrogens with zero attached hydrogens (tertiary/aromatic N) is 2. The number of aromatic carboxylic acids is 1. The van der Waals surface area contributed by atoms with Gasteiger partial charge in [-0.25, -0.2) is 14.8 Å². The molecule has 90 valence electrons. The fourth-order valence-electron chi connectivity index (χ4n) is 1.41. The minimum absolute atomic E-state index is 0.304.